The third kappa shape index (κ3) is 6.86. The van der Waals surface area contributed by atoms with Crippen LogP contribution in [0.2, 0.25) is 39.3 Å². The van der Waals surface area contributed by atoms with E-state index in [2.05, 4.69) is 67.8 Å². The van der Waals surface area contributed by atoms with Gasteiger partial charge in [-0.3, -0.25) is 0 Å². The molecule has 0 bridgehead atoms. The molecule has 0 spiro atoms. The fraction of sp³-hybridized carbons (Fsp3) is 0.538. The molecule has 0 atom stereocenters. The third-order valence-corrected chi connectivity index (χ3v) is 10.3. The molecule has 5 heteroatoms. The smallest absolute Gasteiger partial charge is 1.00 e. The number of rotatable bonds is 4. The monoisotopic (exact) mass is 353 g/mol. The Labute approximate surface area is 141 Å². The third-order valence-electron chi connectivity index (χ3n) is 2.73. The van der Waals surface area contributed by atoms with Gasteiger partial charge in [0.25, 0.3) is 0 Å². The molecule has 98 valence electrons. The second kappa shape index (κ2) is 8.21. The zero-order valence-electron chi connectivity index (χ0n) is 12.5. The van der Waals surface area contributed by atoms with Crippen molar-refractivity contribution in [3.05, 3.63) is 35.9 Å². The molecule has 0 fully saturated rings. The fourth-order valence-electron chi connectivity index (χ4n) is 2.19. The molecule has 0 radical (unpaired) electrons. The van der Waals surface area contributed by atoms with Crippen LogP contribution in [-0.4, -0.2) is 43.8 Å². The number of nitrogens with zero attached hydrogens (tertiary/aromatic N) is 1. The van der Waals surface area contributed by atoms with Crippen LogP contribution in [0.3, 0.4) is 0 Å². The summed E-state index contributed by atoms with van der Waals surface area (Å²) < 4.78 is 2.79. The maximum atomic E-state index is 3.17. The van der Waals surface area contributed by atoms with Gasteiger partial charge in [-0.15, -0.1) is 5.56 Å². The van der Waals surface area contributed by atoms with Crippen molar-refractivity contribution in [1.29, 1.82) is 0 Å². The molecule has 0 aromatic heterocycles. The summed E-state index contributed by atoms with van der Waals surface area (Å²) in [5.41, 5.74) is 1.40. The number of hydrogen-bond donors (Lipinski definition) is 0. The standard InChI is InChI=1S/C13H24NSi2.BrH.Mg/c1-15(2,3)14(16(4,5)6)12-13-10-8-7-9-11-13;;/h7-8,10-11H,12H2,1-6H3;1H;/q-1;;+2/p-1. The van der Waals surface area contributed by atoms with Gasteiger partial charge in [0.15, 0.2) is 0 Å². The Morgan fingerprint density at radius 2 is 1.56 bits per heavy atom. The van der Waals surface area contributed by atoms with Crippen LogP contribution >= 0.6 is 0 Å². The molecule has 0 unspecified atom stereocenters. The molecular formula is C13H24BrMgNSi2. The van der Waals surface area contributed by atoms with E-state index in [1.54, 1.807) is 0 Å². The average molecular weight is 355 g/mol. The van der Waals surface area contributed by atoms with Crippen molar-refractivity contribution in [3.8, 4) is 0 Å². The molecule has 0 heterocycles. The Bertz CT molecular complexity index is 319. The van der Waals surface area contributed by atoms with Crippen molar-refractivity contribution in [2.75, 3.05) is 0 Å². The molecule has 0 N–H and O–H groups in total. The zero-order chi connectivity index (χ0) is 12.4. The first-order chi connectivity index (χ1) is 7.21. The van der Waals surface area contributed by atoms with E-state index in [1.165, 1.54) is 5.56 Å². The van der Waals surface area contributed by atoms with E-state index in [0.717, 1.165) is 6.54 Å². The van der Waals surface area contributed by atoms with E-state index >= 15 is 0 Å². The largest absolute Gasteiger partial charge is 2.00 e. The van der Waals surface area contributed by atoms with Gasteiger partial charge in [0.1, 0.15) is 16.5 Å². The van der Waals surface area contributed by atoms with Crippen LogP contribution in [0, 0.1) is 6.07 Å². The Morgan fingerprint density at radius 3 is 1.89 bits per heavy atom. The minimum absolute atomic E-state index is 0. The van der Waals surface area contributed by atoms with Crippen LogP contribution in [0.4, 0.5) is 0 Å². The molecule has 1 aromatic rings. The molecule has 0 saturated carbocycles. The Morgan fingerprint density at radius 1 is 1.06 bits per heavy atom. The van der Waals surface area contributed by atoms with Gasteiger partial charge in [-0.1, -0.05) is 39.3 Å². The summed E-state index contributed by atoms with van der Waals surface area (Å²) in [5.74, 6) is 0. The van der Waals surface area contributed by atoms with E-state index in [9.17, 15) is 0 Å². The van der Waals surface area contributed by atoms with Crippen molar-refractivity contribution < 1.29 is 17.0 Å². The van der Waals surface area contributed by atoms with Crippen LogP contribution in [0.25, 0.3) is 0 Å². The van der Waals surface area contributed by atoms with Crippen LogP contribution in [0.5, 0.6) is 0 Å². The molecule has 18 heavy (non-hydrogen) atoms. The van der Waals surface area contributed by atoms with Gasteiger partial charge in [-0.2, -0.15) is 30.3 Å². The first kappa shape index (κ1) is 21.2. The predicted octanol–water partition coefficient (Wildman–Crippen LogP) is 0.582. The quantitative estimate of drug-likeness (QED) is 0.565. The minimum Gasteiger partial charge on any atom is -1.00 e. The first-order valence-electron chi connectivity index (χ1n) is 5.94. The SMILES string of the molecule is C[Si](C)(C)N(Cc1c[c-]ccc1)[Si](C)(C)C.[Br-].[Mg+2]. The maximum Gasteiger partial charge on any atom is 2.00 e. The Hall–Kier alpha value is 0.860. The van der Waals surface area contributed by atoms with Crippen LogP contribution in [0.15, 0.2) is 24.3 Å². The summed E-state index contributed by atoms with van der Waals surface area (Å²) in [7, 11) is -2.45. The average Bonchev–Trinajstić information content (AvgIpc) is 2.12. The summed E-state index contributed by atoms with van der Waals surface area (Å²) in [5, 5.41) is 0. The topological polar surface area (TPSA) is 3.24 Å². The van der Waals surface area contributed by atoms with Crippen LogP contribution in [-0.2, 0) is 6.54 Å². The predicted molar refractivity (Wildman–Crippen MR) is 83.3 cm³/mol. The molecule has 0 aliphatic carbocycles. The van der Waals surface area contributed by atoms with E-state index in [-0.39, 0.29) is 40.0 Å². The van der Waals surface area contributed by atoms with Crippen molar-refractivity contribution in [2.24, 2.45) is 0 Å². The van der Waals surface area contributed by atoms with E-state index < -0.39 is 16.5 Å². The molecule has 0 amide bonds. The van der Waals surface area contributed by atoms with Crippen molar-refractivity contribution in [2.45, 2.75) is 45.8 Å². The van der Waals surface area contributed by atoms with Gasteiger partial charge in [-0.25, -0.2) is 0 Å². The second-order valence-electron chi connectivity index (χ2n) is 6.34. The van der Waals surface area contributed by atoms with Gasteiger partial charge in [-0.05, 0) is 6.54 Å². The van der Waals surface area contributed by atoms with Crippen LogP contribution in [0.1, 0.15) is 5.56 Å². The Balaban J connectivity index is 0. The number of benzene rings is 1. The summed E-state index contributed by atoms with van der Waals surface area (Å²) in [6.45, 7) is 15.8. The van der Waals surface area contributed by atoms with Gasteiger partial charge < -0.3 is 21.2 Å². The minimum atomic E-state index is -1.22. The summed E-state index contributed by atoms with van der Waals surface area (Å²) in [4.78, 5) is 0. The summed E-state index contributed by atoms with van der Waals surface area (Å²) >= 11 is 0. The van der Waals surface area contributed by atoms with Gasteiger partial charge in [0.2, 0.25) is 0 Å². The molecular weight excluding hydrogens is 331 g/mol. The maximum absolute atomic E-state index is 3.17. The van der Waals surface area contributed by atoms with Crippen molar-refractivity contribution in [3.63, 3.8) is 0 Å². The van der Waals surface area contributed by atoms with E-state index in [0.29, 0.717) is 0 Å². The number of hydrogen-bond acceptors (Lipinski definition) is 1. The van der Waals surface area contributed by atoms with Gasteiger partial charge >= 0.3 is 23.1 Å². The molecule has 0 saturated heterocycles. The fourth-order valence-corrected chi connectivity index (χ4v) is 11.6. The van der Waals surface area contributed by atoms with Crippen LogP contribution < -0.4 is 17.0 Å². The zero-order valence-corrected chi connectivity index (χ0v) is 17.5. The Kier molecular flexibility index (Phi) is 9.66. The molecule has 1 aromatic carbocycles. The first-order valence-corrected chi connectivity index (χ1v) is 12.8. The summed E-state index contributed by atoms with van der Waals surface area (Å²) in [6, 6.07) is 11.6. The molecule has 1 rings (SSSR count). The summed E-state index contributed by atoms with van der Waals surface area (Å²) in [6.07, 6.45) is 0. The van der Waals surface area contributed by atoms with Crippen molar-refractivity contribution in [1.82, 2.24) is 4.23 Å². The normalized spacial score (nSPS) is 11.7. The van der Waals surface area contributed by atoms with Gasteiger partial charge in [0.05, 0.1) is 0 Å². The van der Waals surface area contributed by atoms with Gasteiger partial charge in [0, 0.05) is 0 Å². The molecule has 0 aliphatic rings. The van der Waals surface area contributed by atoms with E-state index in [4.69, 9.17) is 0 Å². The van der Waals surface area contributed by atoms with Crippen molar-refractivity contribution >= 4 is 39.5 Å². The molecule has 0 aliphatic heterocycles. The number of halogens is 1. The second-order valence-corrected chi connectivity index (χ2v) is 16.5. The molecule has 1 nitrogen and oxygen atoms in total. The van der Waals surface area contributed by atoms with E-state index in [1.807, 2.05) is 6.07 Å².